The zero-order valence-corrected chi connectivity index (χ0v) is 11.8. The van der Waals surface area contributed by atoms with E-state index in [1.54, 1.807) is 0 Å². The number of anilines is 2. The van der Waals surface area contributed by atoms with Gasteiger partial charge in [-0.2, -0.15) is 0 Å². The average molecular weight is 301 g/mol. The van der Waals surface area contributed by atoms with Gasteiger partial charge >= 0.3 is 0 Å². The number of carbonyl (C=O) groups is 1. The summed E-state index contributed by atoms with van der Waals surface area (Å²) in [4.78, 5) is 11.9. The van der Waals surface area contributed by atoms with E-state index >= 15 is 0 Å². The summed E-state index contributed by atoms with van der Waals surface area (Å²) in [5.41, 5.74) is 0.154. The van der Waals surface area contributed by atoms with Crippen molar-refractivity contribution in [3.05, 3.63) is 24.0 Å². The Morgan fingerprint density at radius 2 is 2.20 bits per heavy atom. The maximum absolute atomic E-state index is 13.5. The lowest BCUT2D eigenvalue weighted by atomic mass is 10.2. The van der Waals surface area contributed by atoms with Gasteiger partial charge in [-0.3, -0.25) is 9.52 Å². The number of amides is 1. The first kappa shape index (κ1) is 14.7. The van der Waals surface area contributed by atoms with E-state index in [1.165, 1.54) is 12.1 Å². The molecule has 1 unspecified atom stereocenters. The van der Waals surface area contributed by atoms with Gasteiger partial charge in [0.2, 0.25) is 15.9 Å². The van der Waals surface area contributed by atoms with Crippen LogP contribution in [0.5, 0.6) is 0 Å². The monoisotopic (exact) mass is 301 g/mol. The largest absolute Gasteiger partial charge is 0.325 e. The average Bonchev–Trinajstić information content (AvgIpc) is 2.85. The fourth-order valence-corrected chi connectivity index (χ4v) is 2.57. The molecule has 1 fully saturated rings. The van der Waals surface area contributed by atoms with Crippen molar-refractivity contribution >= 4 is 27.3 Å². The Labute approximate surface area is 116 Å². The number of rotatable bonds is 4. The Balaban J connectivity index is 2.12. The van der Waals surface area contributed by atoms with E-state index in [0.29, 0.717) is 5.69 Å². The minimum atomic E-state index is -3.58. The second-order valence-corrected chi connectivity index (χ2v) is 6.46. The van der Waals surface area contributed by atoms with Gasteiger partial charge in [-0.1, -0.05) is 0 Å². The molecule has 1 aliphatic heterocycles. The number of hydrogen-bond acceptors (Lipinski definition) is 4. The van der Waals surface area contributed by atoms with Crippen molar-refractivity contribution in [2.24, 2.45) is 0 Å². The Morgan fingerprint density at radius 3 is 2.80 bits per heavy atom. The number of hydrogen-bond donors (Lipinski definition) is 3. The zero-order chi connectivity index (χ0) is 14.8. The Hall–Kier alpha value is -1.67. The molecule has 3 N–H and O–H groups in total. The molecule has 1 aromatic rings. The molecule has 0 radical (unpaired) electrons. The maximum atomic E-state index is 13.5. The molecule has 1 amide bonds. The SMILES string of the molecule is CS(=O)(=O)Nc1cc(NC(=O)C2CCCN2)ccc1F. The summed E-state index contributed by atoms with van der Waals surface area (Å²) < 4.78 is 37.8. The van der Waals surface area contributed by atoms with E-state index in [9.17, 15) is 17.6 Å². The van der Waals surface area contributed by atoms with Crippen molar-refractivity contribution in [1.82, 2.24) is 5.32 Å². The summed E-state index contributed by atoms with van der Waals surface area (Å²) in [7, 11) is -3.58. The molecule has 1 heterocycles. The lowest BCUT2D eigenvalue weighted by Crippen LogP contribution is -2.35. The molecule has 0 saturated carbocycles. The Morgan fingerprint density at radius 1 is 1.45 bits per heavy atom. The number of carbonyl (C=O) groups excluding carboxylic acids is 1. The van der Waals surface area contributed by atoms with Crippen molar-refractivity contribution in [2.45, 2.75) is 18.9 Å². The highest BCUT2D eigenvalue weighted by Crippen LogP contribution is 2.21. The van der Waals surface area contributed by atoms with Crippen LogP contribution in [0.3, 0.4) is 0 Å². The van der Waals surface area contributed by atoms with Gasteiger partial charge in [0.1, 0.15) is 5.82 Å². The molecule has 0 aliphatic carbocycles. The third-order valence-corrected chi connectivity index (χ3v) is 3.50. The van der Waals surface area contributed by atoms with Crippen LogP contribution in [-0.2, 0) is 14.8 Å². The van der Waals surface area contributed by atoms with Gasteiger partial charge in [-0.05, 0) is 37.6 Å². The van der Waals surface area contributed by atoms with Crippen LogP contribution in [0.15, 0.2) is 18.2 Å². The highest BCUT2D eigenvalue weighted by molar-refractivity contribution is 7.92. The molecule has 6 nitrogen and oxygen atoms in total. The molecule has 0 aromatic heterocycles. The number of sulfonamides is 1. The summed E-state index contributed by atoms with van der Waals surface area (Å²) in [6.45, 7) is 0.794. The first-order valence-electron chi connectivity index (χ1n) is 6.17. The summed E-state index contributed by atoms with van der Waals surface area (Å²) in [5, 5.41) is 5.68. The molecule has 0 spiro atoms. The maximum Gasteiger partial charge on any atom is 0.241 e. The third kappa shape index (κ3) is 3.91. The van der Waals surface area contributed by atoms with Gasteiger partial charge in [-0.15, -0.1) is 0 Å². The highest BCUT2D eigenvalue weighted by atomic mass is 32.2. The second-order valence-electron chi connectivity index (χ2n) is 4.71. The van der Waals surface area contributed by atoms with Crippen LogP contribution in [0.25, 0.3) is 0 Å². The van der Waals surface area contributed by atoms with Gasteiger partial charge < -0.3 is 10.6 Å². The molecule has 1 aliphatic rings. The predicted molar refractivity (Wildman–Crippen MR) is 74.5 cm³/mol. The fraction of sp³-hybridized carbons (Fsp3) is 0.417. The summed E-state index contributed by atoms with van der Waals surface area (Å²) in [6.07, 6.45) is 2.62. The first-order chi connectivity index (χ1) is 9.35. The van der Waals surface area contributed by atoms with Crippen LogP contribution in [0.1, 0.15) is 12.8 Å². The van der Waals surface area contributed by atoms with Crippen LogP contribution in [0, 0.1) is 5.82 Å². The van der Waals surface area contributed by atoms with Crippen LogP contribution >= 0.6 is 0 Å². The standard InChI is InChI=1S/C12H16FN3O3S/c1-20(18,19)16-11-7-8(4-5-9(11)13)15-12(17)10-3-2-6-14-10/h4-5,7,10,14,16H,2-3,6H2,1H3,(H,15,17). The first-order valence-corrected chi connectivity index (χ1v) is 8.06. The lowest BCUT2D eigenvalue weighted by Gasteiger charge is -2.12. The fourth-order valence-electron chi connectivity index (χ4n) is 2.02. The molecule has 1 atom stereocenters. The molecular weight excluding hydrogens is 285 g/mol. The van der Waals surface area contributed by atoms with Crippen molar-refractivity contribution in [2.75, 3.05) is 22.8 Å². The van der Waals surface area contributed by atoms with E-state index in [0.717, 1.165) is 31.7 Å². The number of halogens is 1. The van der Waals surface area contributed by atoms with Crippen molar-refractivity contribution in [3.8, 4) is 0 Å². The van der Waals surface area contributed by atoms with Crippen molar-refractivity contribution in [3.63, 3.8) is 0 Å². The topological polar surface area (TPSA) is 87.3 Å². The predicted octanol–water partition coefficient (Wildman–Crippen LogP) is 0.888. The number of nitrogens with one attached hydrogen (secondary N) is 3. The van der Waals surface area contributed by atoms with Crippen LogP contribution in [0.2, 0.25) is 0 Å². The van der Waals surface area contributed by atoms with Crippen LogP contribution in [0.4, 0.5) is 15.8 Å². The summed E-state index contributed by atoms with van der Waals surface area (Å²) in [5.74, 6) is -0.910. The van der Waals surface area contributed by atoms with Crippen molar-refractivity contribution < 1.29 is 17.6 Å². The van der Waals surface area contributed by atoms with Crippen molar-refractivity contribution in [1.29, 1.82) is 0 Å². The highest BCUT2D eigenvalue weighted by Gasteiger charge is 2.22. The van der Waals surface area contributed by atoms with Gasteiger partial charge in [0.25, 0.3) is 0 Å². The molecule has 8 heteroatoms. The van der Waals surface area contributed by atoms with Gasteiger partial charge in [0.15, 0.2) is 0 Å². The van der Waals surface area contributed by atoms with Gasteiger partial charge in [0.05, 0.1) is 18.0 Å². The molecule has 110 valence electrons. The van der Waals surface area contributed by atoms with E-state index < -0.39 is 15.8 Å². The molecular formula is C12H16FN3O3S. The van der Waals surface area contributed by atoms with E-state index in [4.69, 9.17) is 0 Å². The molecule has 0 bridgehead atoms. The zero-order valence-electron chi connectivity index (χ0n) is 10.9. The van der Waals surface area contributed by atoms with E-state index in [1.807, 2.05) is 0 Å². The molecule has 1 saturated heterocycles. The quantitative estimate of drug-likeness (QED) is 0.770. The van der Waals surface area contributed by atoms with E-state index in [2.05, 4.69) is 15.4 Å². The van der Waals surface area contributed by atoms with Crippen LogP contribution < -0.4 is 15.4 Å². The van der Waals surface area contributed by atoms with E-state index in [-0.39, 0.29) is 17.6 Å². The minimum Gasteiger partial charge on any atom is -0.325 e. The lowest BCUT2D eigenvalue weighted by molar-refractivity contribution is -0.117. The minimum absolute atomic E-state index is 0.190. The Kier molecular flexibility index (Phi) is 4.24. The Bertz CT molecular complexity index is 612. The van der Waals surface area contributed by atoms with Gasteiger partial charge in [-0.25, -0.2) is 12.8 Å². The summed E-state index contributed by atoms with van der Waals surface area (Å²) >= 11 is 0. The van der Waals surface area contributed by atoms with Gasteiger partial charge in [0, 0.05) is 5.69 Å². The molecule has 1 aromatic carbocycles. The normalized spacial score (nSPS) is 18.8. The smallest absolute Gasteiger partial charge is 0.241 e. The number of benzene rings is 1. The van der Waals surface area contributed by atoms with Crippen LogP contribution in [-0.4, -0.2) is 33.2 Å². The summed E-state index contributed by atoms with van der Waals surface area (Å²) in [6, 6.07) is 3.48. The molecule has 2 rings (SSSR count). The molecule has 20 heavy (non-hydrogen) atoms. The third-order valence-electron chi connectivity index (χ3n) is 2.91. The second kappa shape index (κ2) is 5.76.